The van der Waals surface area contributed by atoms with Gasteiger partial charge in [-0.25, -0.2) is 0 Å². The first kappa shape index (κ1) is 14.9. The number of halogens is 1. The maximum Gasteiger partial charge on any atom is 0.271 e. The summed E-state index contributed by atoms with van der Waals surface area (Å²) in [5.74, 6) is 0.538. The summed E-state index contributed by atoms with van der Waals surface area (Å²) in [7, 11) is 0. The van der Waals surface area contributed by atoms with Crippen LogP contribution >= 0.6 is 11.6 Å². The second-order valence-corrected chi connectivity index (χ2v) is 4.82. The van der Waals surface area contributed by atoms with Crippen molar-refractivity contribution >= 4 is 34.9 Å². The molecule has 1 aromatic carbocycles. The van der Waals surface area contributed by atoms with Gasteiger partial charge >= 0.3 is 0 Å². The highest BCUT2D eigenvalue weighted by atomic mass is 35.5. The van der Waals surface area contributed by atoms with Crippen LogP contribution in [0.1, 0.15) is 13.8 Å². The highest BCUT2D eigenvalue weighted by Gasteiger charge is 2.09. The fraction of sp³-hybridized carbons (Fsp3) is 0.250. The molecule has 0 unspecified atom stereocenters. The molecule has 8 nitrogen and oxygen atoms in total. The van der Waals surface area contributed by atoms with Gasteiger partial charge in [0.2, 0.25) is 17.2 Å². The number of nitro benzene ring substituents is 1. The molecule has 0 saturated carbocycles. The monoisotopic (exact) mass is 308 g/mol. The summed E-state index contributed by atoms with van der Waals surface area (Å²) in [6.45, 7) is 3.87. The molecule has 0 saturated heterocycles. The molecule has 1 heterocycles. The van der Waals surface area contributed by atoms with Gasteiger partial charge < -0.3 is 10.6 Å². The number of rotatable bonds is 5. The molecule has 0 atom stereocenters. The number of nitro groups is 1. The van der Waals surface area contributed by atoms with Gasteiger partial charge in [-0.05, 0) is 31.5 Å². The number of anilines is 3. The molecule has 1 aromatic heterocycles. The Morgan fingerprint density at radius 3 is 2.62 bits per heavy atom. The zero-order valence-corrected chi connectivity index (χ0v) is 12.1. The molecular weight excluding hydrogens is 296 g/mol. The largest absolute Gasteiger partial charge is 0.352 e. The Morgan fingerprint density at radius 2 is 1.95 bits per heavy atom. The first-order valence-corrected chi connectivity index (χ1v) is 6.51. The fourth-order valence-corrected chi connectivity index (χ4v) is 1.72. The molecule has 110 valence electrons. The molecule has 2 aromatic rings. The Hall–Kier alpha value is -2.48. The van der Waals surface area contributed by atoms with Gasteiger partial charge in [0, 0.05) is 23.9 Å². The van der Waals surface area contributed by atoms with E-state index in [1.807, 2.05) is 13.8 Å². The molecule has 0 fully saturated rings. The highest BCUT2D eigenvalue weighted by molar-refractivity contribution is 6.28. The minimum Gasteiger partial charge on any atom is -0.352 e. The quantitative estimate of drug-likeness (QED) is 0.646. The zero-order valence-electron chi connectivity index (χ0n) is 11.4. The van der Waals surface area contributed by atoms with Crippen LogP contribution < -0.4 is 10.6 Å². The molecule has 0 aliphatic rings. The molecular formula is C12H13ClN6O2. The smallest absolute Gasteiger partial charge is 0.271 e. The number of non-ortho nitro benzene ring substituents is 1. The SMILES string of the molecule is CC(C)Nc1nc(Cl)nc(Nc2cccc([N+](=O)[O-])c2)n1. The predicted octanol–water partition coefficient (Wildman–Crippen LogP) is 3.00. The van der Waals surface area contributed by atoms with Crippen LogP contribution in [-0.4, -0.2) is 25.9 Å². The van der Waals surface area contributed by atoms with E-state index in [-0.39, 0.29) is 23.0 Å². The van der Waals surface area contributed by atoms with Crippen LogP contribution in [0.25, 0.3) is 0 Å². The van der Waals surface area contributed by atoms with Crippen LogP contribution in [0.2, 0.25) is 5.28 Å². The molecule has 0 spiro atoms. The van der Waals surface area contributed by atoms with Crippen molar-refractivity contribution in [1.82, 2.24) is 15.0 Å². The second-order valence-electron chi connectivity index (χ2n) is 4.48. The Balaban J connectivity index is 2.24. The van der Waals surface area contributed by atoms with Crippen molar-refractivity contribution in [1.29, 1.82) is 0 Å². The second kappa shape index (κ2) is 6.31. The topological polar surface area (TPSA) is 106 Å². The fourth-order valence-electron chi connectivity index (χ4n) is 1.56. The summed E-state index contributed by atoms with van der Waals surface area (Å²) in [6.07, 6.45) is 0. The normalized spacial score (nSPS) is 10.5. The van der Waals surface area contributed by atoms with Gasteiger partial charge in [0.1, 0.15) is 0 Å². The molecule has 0 aliphatic carbocycles. The van der Waals surface area contributed by atoms with E-state index in [0.717, 1.165) is 0 Å². The number of hydrogen-bond donors (Lipinski definition) is 2. The maximum absolute atomic E-state index is 10.7. The average molecular weight is 309 g/mol. The van der Waals surface area contributed by atoms with Crippen molar-refractivity contribution in [2.75, 3.05) is 10.6 Å². The van der Waals surface area contributed by atoms with Gasteiger partial charge in [0.05, 0.1) is 4.92 Å². The van der Waals surface area contributed by atoms with Gasteiger partial charge in [-0.2, -0.15) is 15.0 Å². The van der Waals surface area contributed by atoms with Crippen LogP contribution in [0.3, 0.4) is 0 Å². The minimum absolute atomic E-state index is 0.0271. The standard InChI is InChI=1S/C12H13ClN6O2/c1-7(2)14-11-16-10(13)17-12(18-11)15-8-4-3-5-9(6-8)19(20)21/h3-7H,1-2H3,(H2,14,15,16,17,18). The summed E-state index contributed by atoms with van der Waals surface area (Å²) in [5, 5.41) is 16.6. The third kappa shape index (κ3) is 4.25. The van der Waals surface area contributed by atoms with E-state index in [1.54, 1.807) is 12.1 Å². The van der Waals surface area contributed by atoms with Crippen molar-refractivity contribution < 1.29 is 4.92 Å². The van der Waals surface area contributed by atoms with E-state index >= 15 is 0 Å². The van der Waals surface area contributed by atoms with Crippen molar-refractivity contribution in [3.05, 3.63) is 39.7 Å². The zero-order chi connectivity index (χ0) is 15.4. The molecule has 0 aliphatic heterocycles. The number of benzene rings is 1. The summed E-state index contributed by atoms with van der Waals surface area (Å²) in [5.41, 5.74) is 0.461. The summed E-state index contributed by atoms with van der Waals surface area (Å²) >= 11 is 5.83. The Labute approximate surface area is 125 Å². The number of nitrogens with one attached hydrogen (secondary N) is 2. The van der Waals surface area contributed by atoms with Crippen molar-refractivity contribution in [2.24, 2.45) is 0 Å². The highest BCUT2D eigenvalue weighted by Crippen LogP contribution is 2.20. The lowest BCUT2D eigenvalue weighted by Gasteiger charge is -2.10. The molecule has 21 heavy (non-hydrogen) atoms. The van der Waals surface area contributed by atoms with Gasteiger partial charge in [0.15, 0.2) is 0 Å². The van der Waals surface area contributed by atoms with Crippen LogP contribution in [0.5, 0.6) is 0 Å². The third-order valence-corrected chi connectivity index (χ3v) is 2.51. The number of nitrogens with zero attached hydrogens (tertiary/aromatic N) is 4. The predicted molar refractivity (Wildman–Crippen MR) is 80.0 cm³/mol. The lowest BCUT2D eigenvalue weighted by atomic mass is 10.3. The Morgan fingerprint density at radius 1 is 1.24 bits per heavy atom. The molecule has 9 heteroatoms. The van der Waals surface area contributed by atoms with Gasteiger partial charge in [-0.1, -0.05) is 6.07 Å². The summed E-state index contributed by atoms with van der Waals surface area (Å²) in [4.78, 5) is 22.3. The molecule has 0 radical (unpaired) electrons. The summed E-state index contributed by atoms with van der Waals surface area (Å²) < 4.78 is 0. The van der Waals surface area contributed by atoms with E-state index in [9.17, 15) is 10.1 Å². The number of hydrogen-bond acceptors (Lipinski definition) is 7. The van der Waals surface area contributed by atoms with Gasteiger partial charge in [-0.15, -0.1) is 0 Å². The first-order chi connectivity index (χ1) is 9.94. The van der Waals surface area contributed by atoms with E-state index in [0.29, 0.717) is 11.6 Å². The number of aromatic nitrogens is 3. The van der Waals surface area contributed by atoms with E-state index < -0.39 is 4.92 Å². The van der Waals surface area contributed by atoms with Crippen LogP contribution in [0, 0.1) is 10.1 Å². The van der Waals surface area contributed by atoms with Crippen LogP contribution in [-0.2, 0) is 0 Å². The van der Waals surface area contributed by atoms with Crippen LogP contribution in [0.4, 0.5) is 23.3 Å². The Bertz CT molecular complexity index is 664. The summed E-state index contributed by atoms with van der Waals surface area (Å²) in [6, 6.07) is 6.15. The molecule has 2 N–H and O–H groups in total. The first-order valence-electron chi connectivity index (χ1n) is 6.13. The van der Waals surface area contributed by atoms with Gasteiger partial charge in [-0.3, -0.25) is 10.1 Å². The average Bonchev–Trinajstić information content (AvgIpc) is 2.37. The minimum atomic E-state index is -0.475. The lowest BCUT2D eigenvalue weighted by Crippen LogP contribution is -2.14. The van der Waals surface area contributed by atoms with E-state index in [1.165, 1.54) is 12.1 Å². The Kier molecular flexibility index (Phi) is 4.49. The molecule has 0 bridgehead atoms. The molecule has 0 amide bonds. The molecule has 2 rings (SSSR count). The van der Waals surface area contributed by atoms with Crippen LogP contribution in [0.15, 0.2) is 24.3 Å². The van der Waals surface area contributed by atoms with E-state index in [2.05, 4.69) is 25.6 Å². The van der Waals surface area contributed by atoms with Crippen molar-refractivity contribution in [3.8, 4) is 0 Å². The van der Waals surface area contributed by atoms with Crippen molar-refractivity contribution in [3.63, 3.8) is 0 Å². The lowest BCUT2D eigenvalue weighted by molar-refractivity contribution is -0.384. The van der Waals surface area contributed by atoms with Gasteiger partial charge in [0.25, 0.3) is 5.69 Å². The third-order valence-electron chi connectivity index (χ3n) is 2.34. The maximum atomic E-state index is 10.7. The van der Waals surface area contributed by atoms with E-state index in [4.69, 9.17) is 11.6 Å². The van der Waals surface area contributed by atoms with Crippen molar-refractivity contribution in [2.45, 2.75) is 19.9 Å².